The molecule has 7 heteroatoms. The first-order valence-corrected chi connectivity index (χ1v) is 10.7. The number of amides is 1. The third-order valence-electron chi connectivity index (χ3n) is 6.54. The van der Waals surface area contributed by atoms with Gasteiger partial charge in [0.1, 0.15) is 6.23 Å². The molecule has 0 spiro atoms. The molecule has 2 aromatic rings. The molecule has 3 heterocycles. The van der Waals surface area contributed by atoms with Crippen molar-refractivity contribution in [3.63, 3.8) is 0 Å². The Morgan fingerprint density at radius 1 is 1.13 bits per heavy atom. The Morgan fingerprint density at radius 2 is 1.83 bits per heavy atom. The van der Waals surface area contributed by atoms with Crippen LogP contribution >= 0.6 is 15.9 Å². The highest BCUT2D eigenvalue weighted by Gasteiger charge is 2.58. The Kier molecular flexibility index (Phi) is 4.38. The van der Waals surface area contributed by atoms with Crippen molar-refractivity contribution in [1.29, 1.82) is 0 Å². The third kappa shape index (κ3) is 2.76. The van der Waals surface area contributed by atoms with E-state index in [0.717, 1.165) is 21.3 Å². The molecule has 0 bridgehead atoms. The van der Waals surface area contributed by atoms with E-state index in [1.54, 1.807) is 4.90 Å². The monoisotopic (exact) mass is 470 g/mol. The Hall–Kier alpha value is -2.51. The maximum Gasteiger partial charge on any atom is 0.254 e. The number of likely N-dealkylation sites (tertiary alicyclic amines) is 1. The number of fused-ring (bicyclic) bond motifs is 2. The summed E-state index contributed by atoms with van der Waals surface area (Å²) < 4.78 is 11.8. The van der Waals surface area contributed by atoms with Gasteiger partial charge in [-0.15, -0.1) is 0 Å². The zero-order chi connectivity index (χ0) is 21.2. The topological polar surface area (TPSA) is 62.2 Å². The predicted octanol–water partition coefficient (Wildman–Crippen LogP) is 3.59. The Labute approximate surface area is 183 Å². The Balaban J connectivity index is 1.54. The quantitative estimate of drug-likeness (QED) is 0.742. The number of aliphatic hydroxyl groups excluding tert-OH is 1. The van der Waals surface area contributed by atoms with Crippen LogP contribution in [0.4, 0.5) is 0 Å². The van der Waals surface area contributed by atoms with Gasteiger partial charge in [0.25, 0.3) is 5.91 Å². The van der Waals surface area contributed by atoms with Crippen molar-refractivity contribution in [3.05, 3.63) is 63.6 Å². The van der Waals surface area contributed by atoms with Gasteiger partial charge in [0, 0.05) is 23.6 Å². The van der Waals surface area contributed by atoms with Crippen LogP contribution < -0.4 is 9.47 Å². The van der Waals surface area contributed by atoms with Crippen LogP contribution in [-0.4, -0.2) is 46.4 Å². The second-order valence-corrected chi connectivity index (χ2v) is 9.41. The lowest BCUT2D eigenvalue weighted by Crippen LogP contribution is -2.48. The van der Waals surface area contributed by atoms with E-state index in [0.29, 0.717) is 23.6 Å². The minimum Gasteiger partial charge on any atom is -0.454 e. The molecule has 30 heavy (non-hydrogen) atoms. The smallest absolute Gasteiger partial charge is 0.254 e. The molecule has 0 saturated carbocycles. The maximum absolute atomic E-state index is 13.5. The van der Waals surface area contributed by atoms with E-state index < -0.39 is 11.8 Å². The fraction of sp³-hybridized carbons (Fsp3) is 0.348. The highest BCUT2D eigenvalue weighted by Crippen LogP contribution is 2.51. The standard InChI is InChI=1S/C23H23BrN2O4/c1-23(2)19-18(20(25(23)3)14-5-7-15(24)8-6-14)21(27)26(22(19)28)11-13-4-9-16-17(10-13)30-12-29-16/h4-10,19,22,28H,11-12H2,1-3H3. The highest BCUT2D eigenvalue weighted by atomic mass is 79.9. The second-order valence-electron chi connectivity index (χ2n) is 8.49. The average Bonchev–Trinajstić information content (AvgIpc) is 3.33. The zero-order valence-corrected chi connectivity index (χ0v) is 18.6. The minimum absolute atomic E-state index is 0.125. The first-order chi connectivity index (χ1) is 14.3. The fourth-order valence-electron chi connectivity index (χ4n) is 4.74. The van der Waals surface area contributed by atoms with Gasteiger partial charge in [0.15, 0.2) is 11.5 Å². The lowest BCUT2D eigenvalue weighted by atomic mass is 9.85. The summed E-state index contributed by atoms with van der Waals surface area (Å²) in [5.41, 5.74) is 3.02. The van der Waals surface area contributed by atoms with Crippen LogP contribution in [0, 0.1) is 5.92 Å². The molecule has 156 valence electrons. The molecule has 1 N–H and O–H groups in total. The van der Waals surface area contributed by atoms with E-state index >= 15 is 0 Å². The summed E-state index contributed by atoms with van der Waals surface area (Å²) in [6.07, 6.45) is -0.900. The molecule has 1 amide bonds. The van der Waals surface area contributed by atoms with E-state index in [4.69, 9.17) is 9.47 Å². The second kappa shape index (κ2) is 6.75. The number of ether oxygens (including phenoxy) is 2. The van der Waals surface area contributed by atoms with Gasteiger partial charge in [-0.2, -0.15) is 0 Å². The molecule has 3 aliphatic rings. The number of halogens is 1. The normalized spacial score (nSPS) is 24.1. The van der Waals surface area contributed by atoms with Crippen LogP contribution in [0.3, 0.4) is 0 Å². The van der Waals surface area contributed by atoms with Crippen molar-refractivity contribution in [3.8, 4) is 11.5 Å². The molecule has 2 unspecified atom stereocenters. The zero-order valence-electron chi connectivity index (χ0n) is 17.1. The minimum atomic E-state index is -0.900. The van der Waals surface area contributed by atoms with Crippen molar-refractivity contribution < 1.29 is 19.4 Å². The molecule has 5 rings (SSSR count). The van der Waals surface area contributed by atoms with Crippen molar-refractivity contribution in [2.24, 2.45) is 5.92 Å². The lowest BCUT2D eigenvalue weighted by molar-refractivity contribution is -0.133. The van der Waals surface area contributed by atoms with Gasteiger partial charge in [-0.05, 0) is 49.2 Å². The predicted molar refractivity (Wildman–Crippen MR) is 116 cm³/mol. The van der Waals surface area contributed by atoms with Gasteiger partial charge < -0.3 is 24.4 Å². The molecular weight excluding hydrogens is 448 g/mol. The first kappa shape index (κ1) is 19.5. The number of nitrogens with zero attached hydrogens (tertiary/aromatic N) is 2. The summed E-state index contributed by atoms with van der Waals surface area (Å²) in [5, 5.41) is 11.2. The van der Waals surface area contributed by atoms with Crippen molar-refractivity contribution in [2.45, 2.75) is 32.2 Å². The van der Waals surface area contributed by atoms with Crippen molar-refractivity contribution in [1.82, 2.24) is 9.80 Å². The largest absolute Gasteiger partial charge is 0.454 e. The summed E-state index contributed by atoms with van der Waals surface area (Å²) >= 11 is 3.47. The maximum atomic E-state index is 13.5. The molecule has 3 aliphatic heterocycles. The Bertz CT molecular complexity index is 1060. The average molecular weight is 471 g/mol. The van der Waals surface area contributed by atoms with E-state index in [9.17, 15) is 9.90 Å². The molecule has 0 aromatic heterocycles. The number of carbonyl (C=O) groups excluding carboxylic acids is 1. The first-order valence-electron chi connectivity index (χ1n) is 9.90. The lowest BCUT2D eigenvalue weighted by Gasteiger charge is -2.39. The van der Waals surface area contributed by atoms with Gasteiger partial charge in [-0.1, -0.05) is 34.1 Å². The van der Waals surface area contributed by atoms with E-state index in [2.05, 4.69) is 34.7 Å². The molecule has 1 fully saturated rings. The van der Waals surface area contributed by atoms with Gasteiger partial charge in [-0.25, -0.2) is 0 Å². The van der Waals surface area contributed by atoms with E-state index in [1.165, 1.54) is 0 Å². The fourth-order valence-corrected chi connectivity index (χ4v) is 5.00. The number of aliphatic hydroxyl groups is 1. The molecule has 2 aromatic carbocycles. The van der Waals surface area contributed by atoms with Gasteiger partial charge >= 0.3 is 0 Å². The van der Waals surface area contributed by atoms with Crippen LogP contribution in [0.15, 0.2) is 52.5 Å². The summed E-state index contributed by atoms with van der Waals surface area (Å²) in [6.45, 7) is 4.66. The van der Waals surface area contributed by atoms with Crippen LogP contribution in [0.25, 0.3) is 5.70 Å². The molecule has 0 aliphatic carbocycles. The Morgan fingerprint density at radius 3 is 2.57 bits per heavy atom. The summed E-state index contributed by atoms with van der Waals surface area (Å²) in [6, 6.07) is 13.6. The summed E-state index contributed by atoms with van der Waals surface area (Å²) in [4.78, 5) is 17.2. The number of benzene rings is 2. The number of carbonyl (C=O) groups is 1. The number of hydrogen-bond acceptors (Lipinski definition) is 5. The van der Waals surface area contributed by atoms with Gasteiger partial charge in [-0.3, -0.25) is 4.79 Å². The van der Waals surface area contributed by atoms with Crippen LogP contribution in [-0.2, 0) is 11.3 Å². The number of rotatable bonds is 3. The van der Waals surface area contributed by atoms with Gasteiger partial charge in [0.2, 0.25) is 6.79 Å². The third-order valence-corrected chi connectivity index (χ3v) is 7.07. The molecule has 0 radical (unpaired) electrons. The molecule has 2 atom stereocenters. The van der Waals surface area contributed by atoms with E-state index in [-0.39, 0.29) is 18.6 Å². The molecule has 1 saturated heterocycles. The van der Waals surface area contributed by atoms with Crippen LogP contribution in [0.1, 0.15) is 25.0 Å². The van der Waals surface area contributed by atoms with Crippen molar-refractivity contribution in [2.75, 3.05) is 13.8 Å². The van der Waals surface area contributed by atoms with E-state index in [1.807, 2.05) is 49.5 Å². The van der Waals surface area contributed by atoms with Gasteiger partial charge in [0.05, 0.1) is 17.2 Å². The van der Waals surface area contributed by atoms with Crippen molar-refractivity contribution >= 4 is 27.5 Å². The summed E-state index contributed by atoms with van der Waals surface area (Å²) in [5.74, 6) is 0.943. The molecule has 6 nitrogen and oxygen atoms in total. The SMILES string of the molecule is CN1C(c2ccc(Br)cc2)=C2C(=O)N(Cc3ccc4c(c3)OCO4)C(O)C2C1(C)C. The highest BCUT2D eigenvalue weighted by molar-refractivity contribution is 9.10. The van der Waals surface area contributed by atoms with Crippen LogP contribution in [0.5, 0.6) is 11.5 Å². The van der Waals surface area contributed by atoms with Crippen LogP contribution in [0.2, 0.25) is 0 Å². The number of hydrogen-bond donors (Lipinski definition) is 1. The molecular formula is C23H23BrN2O4. The summed E-state index contributed by atoms with van der Waals surface area (Å²) in [7, 11) is 1.99.